The first kappa shape index (κ1) is 13.8. The Hall–Kier alpha value is -2.82. The fraction of sp³-hybridized carbons (Fsp3) is 0.167. The molecule has 1 N–H and O–H groups in total. The van der Waals surface area contributed by atoms with Crippen LogP contribution in [0.1, 0.15) is 23.2 Å². The quantitative estimate of drug-likeness (QED) is 0.807. The number of nitrogens with zero attached hydrogens (tertiary/aromatic N) is 2. The van der Waals surface area contributed by atoms with Crippen LogP contribution in [-0.4, -0.2) is 21.9 Å². The lowest BCUT2D eigenvalue weighted by Gasteiger charge is -2.12. The molecule has 0 spiro atoms. The summed E-state index contributed by atoms with van der Waals surface area (Å²) < 4.78 is 13.7. The van der Waals surface area contributed by atoms with Crippen LogP contribution in [0, 0.1) is 5.82 Å². The maximum absolute atomic E-state index is 13.7. The number of nitrogens with one attached hydrogen (secondary N) is 1. The Morgan fingerprint density at radius 3 is 2.78 bits per heavy atom. The molecule has 1 saturated carbocycles. The van der Waals surface area contributed by atoms with Gasteiger partial charge in [-0.15, -0.1) is 0 Å². The van der Waals surface area contributed by atoms with Gasteiger partial charge in [-0.2, -0.15) is 0 Å². The van der Waals surface area contributed by atoms with Crippen LogP contribution in [0.2, 0.25) is 0 Å². The predicted molar refractivity (Wildman–Crippen MR) is 85.4 cm³/mol. The Balaban J connectivity index is 1.95. The third-order valence-electron chi connectivity index (χ3n) is 3.91. The van der Waals surface area contributed by atoms with Gasteiger partial charge in [0.2, 0.25) is 0 Å². The molecule has 23 heavy (non-hydrogen) atoms. The van der Waals surface area contributed by atoms with E-state index in [0.29, 0.717) is 27.7 Å². The number of pyridine rings is 2. The molecule has 5 heteroatoms. The van der Waals surface area contributed by atoms with Crippen molar-refractivity contribution in [3.05, 3.63) is 60.2 Å². The summed E-state index contributed by atoms with van der Waals surface area (Å²) in [6.45, 7) is 0. The minimum absolute atomic E-state index is 0.203. The highest BCUT2D eigenvalue weighted by Crippen LogP contribution is 2.29. The van der Waals surface area contributed by atoms with Crippen LogP contribution >= 0.6 is 0 Å². The third-order valence-corrected chi connectivity index (χ3v) is 3.91. The van der Waals surface area contributed by atoms with E-state index in [4.69, 9.17) is 0 Å². The summed E-state index contributed by atoms with van der Waals surface area (Å²) >= 11 is 0. The molecular formula is C18H14FN3O. The minimum atomic E-state index is -0.391. The monoisotopic (exact) mass is 307 g/mol. The number of rotatable bonds is 3. The molecule has 1 amide bonds. The van der Waals surface area contributed by atoms with Gasteiger partial charge in [0.1, 0.15) is 5.82 Å². The van der Waals surface area contributed by atoms with E-state index in [1.165, 1.54) is 12.1 Å². The Bertz CT molecular complexity index is 891. The van der Waals surface area contributed by atoms with Gasteiger partial charge in [-0.1, -0.05) is 6.07 Å². The van der Waals surface area contributed by atoms with Gasteiger partial charge >= 0.3 is 0 Å². The van der Waals surface area contributed by atoms with Crippen molar-refractivity contribution in [1.29, 1.82) is 0 Å². The first-order valence-electron chi connectivity index (χ1n) is 7.53. The Morgan fingerprint density at radius 2 is 2.04 bits per heavy atom. The standard InChI is InChI=1S/C18H14FN3O/c19-11-4-7-16-13(9-11)17(18(23)22-12-5-6-12)14(10-21-16)15-3-1-2-8-20-15/h1-4,7-10,12H,5-6H2,(H,22,23). The highest BCUT2D eigenvalue weighted by molar-refractivity contribution is 6.11. The Labute approximate surface area is 132 Å². The van der Waals surface area contributed by atoms with Gasteiger partial charge < -0.3 is 5.32 Å². The second-order valence-corrected chi connectivity index (χ2v) is 5.67. The fourth-order valence-electron chi connectivity index (χ4n) is 2.61. The van der Waals surface area contributed by atoms with E-state index >= 15 is 0 Å². The Morgan fingerprint density at radius 1 is 1.17 bits per heavy atom. The number of carbonyl (C=O) groups excluding carboxylic acids is 1. The maximum Gasteiger partial charge on any atom is 0.252 e. The summed E-state index contributed by atoms with van der Waals surface area (Å²) in [5.74, 6) is -0.593. The van der Waals surface area contributed by atoms with E-state index in [0.717, 1.165) is 12.8 Å². The van der Waals surface area contributed by atoms with E-state index in [1.54, 1.807) is 18.5 Å². The van der Waals surface area contributed by atoms with Crippen molar-refractivity contribution >= 4 is 16.8 Å². The molecule has 1 aliphatic rings. The fourth-order valence-corrected chi connectivity index (χ4v) is 2.61. The van der Waals surface area contributed by atoms with E-state index in [9.17, 15) is 9.18 Å². The topological polar surface area (TPSA) is 54.9 Å². The third kappa shape index (κ3) is 2.65. The summed E-state index contributed by atoms with van der Waals surface area (Å²) in [4.78, 5) is 21.4. The highest BCUT2D eigenvalue weighted by atomic mass is 19.1. The molecule has 1 fully saturated rings. The van der Waals surface area contributed by atoms with Gasteiger partial charge in [-0.25, -0.2) is 4.39 Å². The largest absolute Gasteiger partial charge is 0.349 e. The van der Waals surface area contributed by atoms with Crippen molar-refractivity contribution in [2.45, 2.75) is 18.9 Å². The average molecular weight is 307 g/mol. The van der Waals surface area contributed by atoms with E-state index in [2.05, 4.69) is 15.3 Å². The molecule has 4 nitrogen and oxygen atoms in total. The molecule has 3 aromatic rings. The second kappa shape index (κ2) is 5.43. The zero-order chi connectivity index (χ0) is 15.8. The SMILES string of the molecule is O=C(NC1CC1)c1c(-c2ccccn2)cnc2ccc(F)cc12. The molecule has 1 aromatic carbocycles. The molecule has 0 radical (unpaired) electrons. The van der Waals surface area contributed by atoms with Gasteiger partial charge in [0, 0.05) is 29.4 Å². The van der Waals surface area contributed by atoms with Crippen molar-refractivity contribution in [2.24, 2.45) is 0 Å². The van der Waals surface area contributed by atoms with Crippen molar-refractivity contribution in [2.75, 3.05) is 0 Å². The van der Waals surface area contributed by atoms with Crippen molar-refractivity contribution in [3.8, 4) is 11.3 Å². The molecule has 0 saturated heterocycles. The van der Waals surface area contributed by atoms with Crippen LogP contribution < -0.4 is 5.32 Å². The number of fused-ring (bicyclic) bond motifs is 1. The first-order valence-corrected chi connectivity index (χ1v) is 7.53. The van der Waals surface area contributed by atoms with Crippen LogP contribution in [0.15, 0.2) is 48.8 Å². The zero-order valence-corrected chi connectivity index (χ0v) is 12.3. The molecule has 4 rings (SSSR count). The normalized spacial score (nSPS) is 14.0. The molecule has 2 aromatic heterocycles. The van der Waals surface area contributed by atoms with Crippen LogP contribution in [0.25, 0.3) is 22.2 Å². The summed E-state index contributed by atoms with van der Waals surface area (Å²) in [6.07, 6.45) is 5.27. The average Bonchev–Trinajstić information content (AvgIpc) is 3.38. The van der Waals surface area contributed by atoms with E-state index in [1.807, 2.05) is 18.2 Å². The van der Waals surface area contributed by atoms with E-state index < -0.39 is 5.82 Å². The minimum Gasteiger partial charge on any atom is -0.349 e. The van der Waals surface area contributed by atoms with Gasteiger partial charge in [0.05, 0.1) is 16.8 Å². The number of carbonyl (C=O) groups is 1. The zero-order valence-electron chi connectivity index (χ0n) is 12.3. The maximum atomic E-state index is 13.7. The molecular weight excluding hydrogens is 293 g/mol. The lowest BCUT2D eigenvalue weighted by Crippen LogP contribution is -2.26. The van der Waals surface area contributed by atoms with Crippen LogP contribution in [0.3, 0.4) is 0 Å². The summed E-state index contributed by atoms with van der Waals surface area (Å²) in [5.41, 5.74) is 2.28. The molecule has 0 bridgehead atoms. The number of benzene rings is 1. The van der Waals surface area contributed by atoms with Crippen LogP contribution in [-0.2, 0) is 0 Å². The molecule has 114 valence electrons. The lowest BCUT2D eigenvalue weighted by molar-refractivity contribution is 0.0953. The van der Waals surface area contributed by atoms with Crippen LogP contribution in [0.5, 0.6) is 0 Å². The molecule has 0 unspecified atom stereocenters. The number of aromatic nitrogens is 2. The van der Waals surface area contributed by atoms with Crippen LogP contribution in [0.4, 0.5) is 4.39 Å². The number of hydrogen-bond acceptors (Lipinski definition) is 3. The van der Waals surface area contributed by atoms with Gasteiger partial charge in [-0.05, 0) is 43.2 Å². The number of amides is 1. The highest BCUT2D eigenvalue weighted by Gasteiger charge is 2.26. The van der Waals surface area contributed by atoms with Crippen molar-refractivity contribution in [3.63, 3.8) is 0 Å². The summed E-state index contributed by atoms with van der Waals surface area (Å²) in [7, 11) is 0. The van der Waals surface area contributed by atoms with E-state index in [-0.39, 0.29) is 11.9 Å². The molecule has 0 aliphatic heterocycles. The van der Waals surface area contributed by atoms with Crippen molar-refractivity contribution in [1.82, 2.24) is 15.3 Å². The summed E-state index contributed by atoms with van der Waals surface area (Å²) in [6, 6.07) is 9.98. The molecule has 2 heterocycles. The number of hydrogen-bond donors (Lipinski definition) is 1. The Kier molecular flexibility index (Phi) is 3.26. The second-order valence-electron chi connectivity index (χ2n) is 5.67. The van der Waals surface area contributed by atoms with Gasteiger partial charge in [0.25, 0.3) is 5.91 Å². The first-order chi connectivity index (χ1) is 11.2. The smallest absolute Gasteiger partial charge is 0.252 e. The summed E-state index contributed by atoms with van der Waals surface area (Å²) in [5, 5.41) is 3.48. The molecule has 1 aliphatic carbocycles. The predicted octanol–water partition coefficient (Wildman–Crippen LogP) is 3.33. The van der Waals surface area contributed by atoms with Gasteiger partial charge in [-0.3, -0.25) is 14.8 Å². The molecule has 0 atom stereocenters. The number of halogens is 1. The lowest BCUT2D eigenvalue weighted by atomic mass is 10.00. The van der Waals surface area contributed by atoms with Crippen molar-refractivity contribution < 1.29 is 9.18 Å². The van der Waals surface area contributed by atoms with Gasteiger partial charge in [0.15, 0.2) is 0 Å².